The molecule has 0 unspecified atom stereocenters. The van der Waals surface area contributed by atoms with Gasteiger partial charge in [-0.3, -0.25) is 0 Å². The van der Waals surface area contributed by atoms with Crippen molar-refractivity contribution in [3.8, 4) is 17.2 Å². The molecule has 1 rings (SSSR count). The predicted octanol–water partition coefficient (Wildman–Crippen LogP) is 2.26. The highest BCUT2D eigenvalue weighted by atomic mass is 32.2. The molecule has 0 aliphatic rings. The smallest absolute Gasteiger partial charge is 0.339 e. The quantitative estimate of drug-likeness (QED) is 0.636. The molecule has 1 aromatic carbocycles. The Morgan fingerprint density at radius 3 is 2.29 bits per heavy atom. The monoisotopic (exact) mass is 369 g/mol. The molecule has 0 aliphatic carbocycles. The average Bonchev–Trinajstić information content (AvgIpc) is 2.43. The van der Waals surface area contributed by atoms with E-state index in [0.717, 1.165) is 10.4 Å². The van der Waals surface area contributed by atoms with Crippen LogP contribution in [0.5, 0.6) is 5.75 Å². The van der Waals surface area contributed by atoms with Crippen LogP contribution in [-0.2, 0) is 10.0 Å². The molecule has 1 aromatic rings. The Labute approximate surface area is 144 Å². The fourth-order valence-corrected chi connectivity index (χ4v) is 3.32. The number of carbonyl (C=O) groups is 1. The maximum Gasteiger partial charge on any atom is 0.339 e. The summed E-state index contributed by atoms with van der Waals surface area (Å²) >= 11 is 0. The van der Waals surface area contributed by atoms with E-state index in [1.54, 1.807) is 6.92 Å². The third kappa shape index (κ3) is 4.83. The maximum atomic E-state index is 12.6. The van der Waals surface area contributed by atoms with Crippen molar-refractivity contribution in [1.82, 2.24) is 4.31 Å². The SMILES string of the molecule is CCOc1cc(C#C[Si](C)(C)C)c(S(=O)(=O)N(C)C)cc1C(=O)O. The summed E-state index contributed by atoms with van der Waals surface area (Å²) in [5, 5.41) is 9.35. The van der Waals surface area contributed by atoms with Gasteiger partial charge in [-0.2, -0.15) is 0 Å². The van der Waals surface area contributed by atoms with Gasteiger partial charge in [-0.25, -0.2) is 17.5 Å². The third-order valence-electron chi connectivity index (χ3n) is 2.94. The van der Waals surface area contributed by atoms with Crippen LogP contribution in [0.1, 0.15) is 22.8 Å². The van der Waals surface area contributed by atoms with Gasteiger partial charge in [0.2, 0.25) is 10.0 Å². The van der Waals surface area contributed by atoms with Crippen LogP contribution < -0.4 is 4.74 Å². The van der Waals surface area contributed by atoms with E-state index in [0.29, 0.717) is 0 Å². The fraction of sp³-hybridized carbons (Fsp3) is 0.438. The zero-order valence-corrected chi connectivity index (χ0v) is 16.6. The summed E-state index contributed by atoms with van der Waals surface area (Å²) in [4.78, 5) is 11.3. The van der Waals surface area contributed by atoms with Crippen molar-refractivity contribution in [1.29, 1.82) is 0 Å². The fourth-order valence-electron chi connectivity index (χ4n) is 1.76. The Balaban J connectivity index is 3.78. The number of hydrogen-bond donors (Lipinski definition) is 1. The molecule has 0 aliphatic heterocycles. The molecule has 0 saturated carbocycles. The number of ether oxygens (including phenoxy) is 1. The molecule has 0 bridgehead atoms. The van der Waals surface area contributed by atoms with E-state index in [9.17, 15) is 18.3 Å². The number of rotatable bonds is 5. The molecule has 0 atom stereocenters. The summed E-state index contributed by atoms with van der Waals surface area (Å²) in [7, 11) is -2.80. The third-order valence-corrected chi connectivity index (χ3v) is 5.67. The summed E-state index contributed by atoms with van der Waals surface area (Å²) in [5.74, 6) is 1.77. The minimum Gasteiger partial charge on any atom is -0.493 e. The van der Waals surface area contributed by atoms with Gasteiger partial charge in [0.15, 0.2) is 0 Å². The van der Waals surface area contributed by atoms with Gasteiger partial charge >= 0.3 is 5.97 Å². The minimum atomic E-state index is -3.84. The maximum absolute atomic E-state index is 12.6. The summed E-state index contributed by atoms with van der Waals surface area (Å²) in [5.41, 5.74) is 3.16. The summed E-state index contributed by atoms with van der Waals surface area (Å²) in [6.45, 7) is 8.10. The molecule has 0 radical (unpaired) electrons. The van der Waals surface area contributed by atoms with E-state index in [2.05, 4.69) is 11.5 Å². The molecule has 0 heterocycles. The lowest BCUT2D eigenvalue weighted by molar-refractivity contribution is 0.0692. The van der Waals surface area contributed by atoms with Crippen LogP contribution in [0.4, 0.5) is 0 Å². The van der Waals surface area contributed by atoms with Crippen LogP contribution in [0, 0.1) is 11.5 Å². The second-order valence-electron chi connectivity index (χ2n) is 6.37. The molecular formula is C16H23NO5SSi. The topological polar surface area (TPSA) is 83.9 Å². The first-order valence-electron chi connectivity index (χ1n) is 7.40. The molecule has 0 saturated heterocycles. The first-order valence-corrected chi connectivity index (χ1v) is 12.3. The van der Waals surface area contributed by atoms with Crippen LogP contribution >= 0.6 is 0 Å². The standard InChI is InChI=1S/C16H23NO5SSi/c1-7-22-14-10-12(8-9-24(4,5)6)15(11-13(14)16(18)19)23(20,21)17(2)3/h10-11H,7H2,1-6H3,(H,18,19). The number of hydrogen-bond acceptors (Lipinski definition) is 4. The highest BCUT2D eigenvalue weighted by molar-refractivity contribution is 7.89. The Morgan fingerprint density at radius 1 is 1.29 bits per heavy atom. The molecular weight excluding hydrogens is 346 g/mol. The van der Waals surface area contributed by atoms with Gasteiger partial charge in [-0.1, -0.05) is 25.6 Å². The van der Waals surface area contributed by atoms with E-state index >= 15 is 0 Å². The second kappa shape index (κ2) is 7.38. The van der Waals surface area contributed by atoms with Crippen molar-refractivity contribution in [3.05, 3.63) is 23.3 Å². The van der Waals surface area contributed by atoms with E-state index in [1.807, 2.05) is 19.6 Å². The second-order valence-corrected chi connectivity index (χ2v) is 13.2. The first-order chi connectivity index (χ1) is 10.9. The first kappa shape index (κ1) is 20.2. The Morgan fingerprint density at radius 2 is 1.88 bits per heavy atom. The van der Waals surface area contributed by atoms with Crippen molar-refractivity contribution in [2.24, 2.45) is 0 Å². The van der Waals surface area contributed by atoms with Crippen LogP contribution in [0.2, 0.25) is 19.6 Å². The Kier molecular flexibility index (Phi) is 6.22. The molecule has 0 amide bonds. The van der Waals surface area contributed by atoms with E-state index in [-0.39, 0.29) is 28.4 Å². The number of carboxylic acid groups (broad SMARTS) is 1. The van der Waals surface area contributed by atoms with Gasteiger partial charge in [0.1, 0.15) is 19.4 Å². The van der Waals surface area contributed by atoms with Crippen molar-refractivity contribution in [2.45, 2.75) is 31.5 Å². The lowest BCUT2D eigenvalue weighted by atomic mass is 10.1. The lowest BCUT2D eigenvalue weighted by Gasteiger charge is -2.16. The van der Waals surface area contributed by atoms with E-state index in [1.165, 1.54) is 20.2 Å². The zero-order valence-electron chi connectivity index (χ0n) is 14.8. The number of sulfonamides is 1. The summed E-state index contributed by atoms with van der Waals surface area (Å²) in [6.07, 6.45) is 0. The number of carboxylic acids is 1. The number of benzene rings is 1. The number of nitrogens with zero attached hydrogens (tertiary/aromatic N) is 1. The van der Waals surface area contributed by atoms with Crippen molar-refractivity contribution < 1.29 is 23.1 Å². The molecule has 0 spiro atoms. The largest absolute Gasteiger partial charge is 0.493 e. The number of aromatic carboxylic acids is 1. The summed E-state index contributed by atoms with van der Waals surface area (Å²) < 4.78 is 31.5. The van der Waals surface area contributed by atoms with Gasteiger partial charge < -0.3 is 9.84 Å². The van der Waals surface area contributed by atoms with Crippen molar-refractivity contribution in [3.63, 3.8) is 0 Å². The highest BCUT2D eigenvalue weighted by Gasteiger charge is 2.25. The Hall–Kier alpha value is -1.82. The molecule has 0 fully saturated rings. The molecule has 6 nitrogen and oxygen atoms in total. The van der Waals surface area contributed by atoms with Crippen molar-refractivity contribution in [2.75, 3.05) is 20.7 Å². The van der Waals surface area contributed by atoms with Crippen LogP contribution in [0.15, 0.2) is 17.0 Å². The molecule has 1 N–H and O–H groups in total. The minimum absolute atomic E-state index is 0.114. The van der Waals surface area contributed by atoms with E-state index in [4.69, 9.17) is 4.74 Å². The molecule has 0 aromatic heterocycles. The van der Waals surface area contributed by atoms with Gasteiger partial charge in [-0.15, -0.1) is 5.54 Å². The van der Waals surface area contributed by atoms with Gasteiger partial charge in [-0.05, 0) is 19.1 Å². The molecule has 132 valence electrons. The normalized spacial score (nSPS) is 11.8. The Bertz CT molecular complexity index is 798. The van der Waals surface area contributed by atoms with Crippen molar-refractivity contribution >= 4 is 24.1 Å². The zero-order chi connectivity index (χ0) is 18.7. The van der Waals surface area contributed by atoms with Gasteiger partial charge in [0.05, 0.1) is 11.5 Å². The van der Waals surface area contributed by atoms with Crippen LogP contribution in [-0.4, -0.2) is 52.6 Å². The van der Waals surface area contributed by atoms with E-state index < -0.39 is 24.1 Å². The summed E-state index contributed by atoms with van der Waals surface area (Å²) in [6, 6.07) is 2.52. The van der Waals surface area contributed by atoms with Gasteiger partial charge in [0.25, 0.3) is 0 Å². The van der Waals surface area contributed by atoms with Crippen LogP contribution in [0.3, 0.4) is 0 Å². The van der Waals surface area contributed by atoms with Crippen LogP contribution in [0.25, 0.3) is 0 Å². The lowest BCUT2D eigenvalue weighted by Crippen LogP contribution is -2.24. The highest BCUT2D eigenvalue weighted by Crippen LogP contribution is 2.28. The average molecular weight is 370 g/mol. The predicted molar refractivity (Wildman–Crippen MR) is 95.7 cm³/mol. The molecule has 24 heavy (non-hydrogen) atoms. The molecule has 8 heteroatoms. The van der Waals surface area contributed by atoms with Gasteiger partial charge in [0, 0.05) is 19.7 Å².